The molecule has 1 aliphatic rings. The number of benzene rings is 1. The maximum Gasteiger partial charge on any atom is 0.417 e. The molecule has 1 amide bonds. The number of carbonyl (C=O) groups excluding carboxylic acids is 1. The third-order valence-electron chi connectivity index (χ3n) is 3.40. The van der Waals surface area contributed by atoms with Crippen LogP contribution in [0.25, 0.3) is 0 Å². The smallest absolute Gasteiger partial charge is 0.271 e. The zero-order valence-electron chi connectivity index (χ0n) is 12.3. The molecule has 0 N–H and O–H groups in total. The van der Waals surface area contributed by atoms with E-state index in [9.17, 15) is 18.0 Å². The lowest BCUT2D eigenvalue weighted by Crippen LogP contribution is -2.39. The summed E-state index contributed by atoms with van der Waals surface area (Å²) in [6.45, 7) is 4.99. The number of nitriles is 1. The van der Waals surface area contributed by atoms with Gasteiger partial charge in [-0.1, -0.05) is 6.92 Å². The average Bonchev–Trinajstić information content (AvgIpc) is 2.67. The minimum absolute atomic E-state index is 0.0718. The molecule has 116 valence electrons. The Bertz CT molecular complexity index is 699. The van der Waals surface area contributed by atoms with Crippen molar-refractivity contribution < 1.29 is 18.0 Å². The normalized spacial score (nSPS) is 17.4. The van der Waals surface area contributed by atoms with Gasteiger partial charge in [-0.05, 0) is 32.0 Å². The van der Waals surface area contributed by atoms with Gasteiger partial charge in [-0.15, -0.1) is 0 Å². The summed E-state index contributed by atoms with van der Waals surface area (Å²) < 4.78 is 39.1. The van der Waals surface area contributed by atoms with E-state index in [4.69, 9.17) is 5.26 Å². The van der Waals surface area contributed by atoms with Gasteiger partial charge in [0.05, 0.1) is 22.9 Å². The Hall–Kier alpha value is -2.36. The first-order valence-electron chi connectivity index (χ1n) is 6.66. The fourth-order valence-electron chi connectivity index (χ4n) is 2.32. The van der Waals surface area contributed by atoms with Crippen molar-refractivity contribution in [2.24, 2.45) is 4.99 Å². The summed E-state index contributed by atoms with van der Waals surface area (Å²) in [6, 6.07) is 4.75. The molecular formula is C15H14F3N3O. The van der Waals surface area contributed by atoms with Crippen LogP contribution in [-0.2, 0) is 11.0 Å². The Morgan fingerprint density at radius 2 is 2.00 bits per heavy atom. The van der Waals surface area contributed by atoms with E-state index in [2.05, 4.69) is 4.99 Å². The molecule has 0 radical (unpaired) electrons. The van der Waals surface area contributed by atoms with Gasteiger partial charge in [-0.2, -0.15) is 18.4 Å². The van der Waals surface area contributed by atoms with Gasteiger partial charge in [0.15, 0.2) is 0 Å². The topological polar surface area (TPSA) is 56.5 Å². The van der Waals surface area contributed by atoms with Gasteiger partial charge in [0.2, 0.25) is 0 Å². The molecule has 0 aromatic heterocycles. The number of amides is 1. The van der Waals surface area contributed by atoms with Crippen LogP contribution in [0.3, 0.4) is 0 Å². The fraction of sp³-hybridized carbons (Fsp3) is 0.400. The number of halogens is 3. The first-order chi connectivity index (χ1) is 10.1. The molecule has 2 rings (SSSR count). The number of hydrogen-bond donors (Lipinski definition) is 0. The number of rotatable bonds is 2. The van der Waals surface area contributed by atoms with Crippen LogP contribution in [0.1, 0.15) is 38.3 Å². The third kappa shape index (κ3) is 2.56. The van der Waals surface area contributed by atoms with E-state index in [1.807, 2.05) is 0 Å². The predicted octanol–water partition coefficient (Wildman–Crippen LogP) is 3.51. The van der Waals surface area contributed by atoms with Gasteiger partial charge >= 0.3 is 6.18 Å². The number of alkyl halides is 3. The van der Waals surface area contributed by atoms with Crippen molar-refractivity contribution in [1.82, 2.24) is 0 Å². The Kier molecular flexibility index (Phi) is 3.73. The van der Waals surface area contributed by atoms with Crippen LogP contribution in [0.4, 0.5) is 18.9 Å². The highest BCUT2D eigenvalue weighted by atomic mass is 19.4. The van der Waals surface area contributed by atoms with E-state index in [0.29, 0.717) is 12.3 Å². The van der Waals surface area contributed by atoms with Crippen molar-refractivity contribution in [2.75, 3.05) is 4.90 Å². The van der Waals surface area contributed by atoms with Crippen LogP contribution in [0.15, 0.2) is 23.2 Å². The molecule has 0 atom stereocenters. The summed E-state index contributed by atoms with van der Waals surface area (Å²) in [6.07, 6.45) is -4.25. The number of anilines is 1. The molecule has 0 spiro atoms. The molecule has 0 unspecified atom stereocenters. The van der Waals surface area contributed by atoms with E-state index in [-0.39, 0.29) is 11.6 Å². The lowest BCUT2D eigenvalue weighted by molar-refractivity contribution is -0.137. The van der Waals surface area contributed by atoms with Crippen LogP contribution in [0, 0.1) is 11.3 Å². The molecule has 0 bridgehead atoms. The molecule has 0 saturated carbocycles. The fourth-order valence-corrected chi connectivity index (χ4v) is 2.32. The zero-order valence-corrected chi connectivity index (χ0v) is 12.3. The highest BCUT2D eigenvalue weighted by Crippen LogP contribution is 2.36. The molecule has 1 heterocycles. The summed E-state index contributed by atoms with van der Waals surface area (Å²) in [5.74, 6) is 0.0232. The van der Waals surface area contributed by atoms with Crippen molar-refractivity contribution in [2.45, 2.75) is 38.9 Å². The number of nitrogens with zero attached hydrogens (tertiary/aromatic N) is 3. The lowest BCUT2D eigenvalue weighted by Gasteiger charge is -2.22. The van der Waals surface area contributed by atoms with Gasteiger partial charge < -0.3 is 0 Å². The Morgan fingerprint density at radius 1 is 1.36 bits per heavy atom. The average molecular weight is 309 g/mol. The maximum atomic E-state index is 13.0. The minimum atomic E-state index is -4.66. The van der Waals surface area contributed by atoms with Crippen molar-refractivity contribution in [3.05, 3.63) is 29.3 Å². The quantitative estimate of drug-likeness (QED) is 0.839. The SMILES string of the molecule is CCC1=NC(C)(C)C(=O)N1c1ccc(C#N)c(C(F)(F)F)c1. The summed E-state index contributed by atoms with van der Waals surface area (Å²) in [4.78, 5) is 17.8. The van der Waals surface area contributed by atoms with Crippen molar-refractivity contribution in [1.29, 1.82) is 5.26 Å². The lowest BCUT2D eigenvalue weighted by atomic mass is 10.0. The largest absolute Gasteiger partial charge is 0.417 e. The van der Waals surface area contributed by atoms with Gasteiger partial charge in [0, 0.05) is 6.42 Å². The zero-order chi connectivity index (χ0) is 16.7. The highest BCUT2D eigenvalue weighted by molar-refractivity contribution is 6.24. The second-order valence-electron chi connectivity index (χ2n) is 5.42. The first-order valence-corrected chi connectivity index (χ1v) is 6.66. The van der Waals surface area contributed by atoms with Crippen LogP contribution >= 0.6 is 0 Å². The second-order valence-corrected chi connectivity index (χ2v) is 5.42. The van der Waals surface area contributed by atoms with E-state index >= 15 is 0 Å². The van der Waals surface area contributed by atoms with Crippen LogP contribution in [-0.4, -0.2) is 17.3 Å². The van der Waals surface area contributed by atoms with Crippen molar-refractivity contribution >= 4 is 17.4 Å². The predicted molar refractivity (Wildman–Crippen MR) is 75.5 cm³/mol. The van der Waals surface area contributed by atoms with E-state index in [1.165, 1.54) is 17.0 Å². The molecule has 22 heavy (non-hydrogen) atoms. The maximum absolute atomic E-state index is 13.0. The summed E-state index contributed by atoms with van der Waals surface area (Å²) >= 11 is 0. The van der Waals surface area contributed by atoms with E-state index < -0.39 is 22.8 Å². The summed E-state index contributed by atoms with van der Waals surface area (Å²) in [7, 11) is 0. The van der Waals surface area contributed by atoms with Crippen molar-refractivity contribution in [3.63, 3.8) is 0 Å². The molecule has 0 aliphatic carbocycles. The highest BCUT2D eigenvalue weighted by Gasteiger charge is 2.42. The van der Waals surface area contributed by atoms with Gasteiger partial charge in [0.1, 0.15) is 11.4 Å². The summed E-state index contributed by atoms with van der Waals surface area (Å²) in [5, 5.41) is 8.82. The number of amidine groups is 1. The van der Waals surface area contributed by atoms with E-state index in [0.717, 1.165) is 12.1 Å². The monoisotopic (exact) mass is 309 g/mol. The minimum Gasteiger partial charge on any atom is -0.271 e. The van der Waals surface area contributed by atoms with Gasteiger partial charge in [0.25, 0.3) is 5.91 Å². The van der Waals surface area contributed by atoms with Gasteiger partial charge in [-0.25, -0.2) is 0 Å². The van der Waals surface area contributed by atoms with Gasteiger partial charge in [-0.3, -0.25) is 14.7 Å². The Labute approximate surface area is 125 Å². The molecule has 0 saturated heterocycles. The molecular weight excluding hydrogens is 295 g/mol. The Balaban J connectivity index is 2.58. The third-order valence-corrected chi connectivity index (χ3v) is 3.40. The number of aliphatic imine (C=N–C) groups is 1. The first kappa shape index (κ1) is 16.0. The van der Waals surface area contributed by atoms with Crippen LogP contribution < -0.4 is 4.90 Å². The Morgan fingerprint density at radius 3 is 2.50 bits per heavy atom. The summed E-state index contributed by atoms with van der Waals surface area (Å²) in [5.41, 5.74) is -2.46. The molecule has 1 aromatic carbocycles. The molecule has 1 aromatic rings. The molecule has 1 aliphatic heterocycles. The van der Waals surface area contributed by atoms with Crippen molar-refractivity contribution in [3.8, 4) is 6.07 Å². The number of hydrogen-bond acceptors (Lipinski definition) is 3. The van der Waals surface area contributed by atoms with E-state index in [1.54, 1.807) is 20.8 Å². The molecule has 7 heteroatoms. The van der Waals surface area contributed by atoms with Crippen LogP contribution in [0.2, 0.25) is 0 Å². The second kappa shape index (κ2) is 5.13. The van der Waals surface area contributed by atoms with Crippen LogP contribution in [0.5, 0.6) is 0 Å². The molecule has 4 nitrogen and oxygen atoms in total. The molecule has 0 fully saturated rings. The number of carbonyl (C=O) groups is 1. The standard InChI is InChI=1S/C15H14F3N3O/c1-4-12-20-14(2,3)13(22)21(12)10-6-5-9(8-19)11(7-10)15(16,17)18/h5-7H,4H2,1-3H3.